The Morgan fingerprint density at radius 3 is 2.32 bits per heavy atom. The van der Waals surface area contributed by atoms with Crippen molar-refractivity contribution in [3.63, 3.8) is 0 Å². The highest BCUT2D eigenvalue weighted by atomic mass is 16.5. The molecular weight excluding hydrogens is 352 g/mol. The Morgan fingerprint density at radius 2 is 1.64 bits per heavy atom. The first-order valence-corrected chi connectivity index (χ1v) is 8.25. The van der Waals surface area contributed by atoms with Crippen LogP contribution in [-0.4, -0.2) is 4.98 Å². The van der Waals surface area contributed by atoms with Crippen LogP contribution in [0, 0.1) is 34.0 Å². The molecule has 134 valence electrons. The third-order valence-corrected chi connectivity index (χ3v) is 3.88. The van der Waals surface area contributed by atoms with E-state index in [1.165, 1.54) is 0 Å². The van der Waals surface area contributed by atoms with Gasteiger partial charge in [0.1, 0.15) is 35.0 Å². The minimum absolute atomic E-state index is 0.0362. The van der Waals surface area contributed by atoms with E-state index in [1.807, 2.05) is 48.5 Å². The summed E-state index contributed by atoms with van der Waals surface area (Å²) in [5.41, 5.74) is 6.89. The van der Waals surface area contributed by atoms with E-state index in [0.29, 0.717) is 17.2 Å². The van der Waals surface area contributed by atoms with Crippen molar-refractivity contribution in [2.24, 2.45) is 0 Å². The molecule has 0 saturated carbocycles. The fraction of sp³-hybridized carbons (Fsp3) is 0.0476. The zero-order chi connectivity index (χ0) is 19.9. The Labute approximate surface area is 161 Å². The molecule has 7 heteroatoms. The average molecular weight is 366 g/mol. The molecule has 0 amide bonds. The number of anilines is 3. The number of benzene rings is 2. The van der Waals surface area contributed by atoms with Gasteiger partial charge in [-0.2, -0.15) is 15.8 Å². The summed E-state index contributed by atoms with van der Waals surface area (Å²) in [4.78, 5) is 4.14. The van der Waals surface area contributed by atoms with Gasteiger partial charge in [0.15, 0.2) is 5.82 Å². The zero-order valence-corrected chi connectivity index (χ0v) is 14.7. The van der Waals surface area contributed by atoms with Crippen molar-refractivity contribution in [3.05, 3.63) is 71.3 Å². The van der Waals surface area contributed by atoms with Gasteiger partial charge in [0.05, 0.1) is 18.1 Å². The van der Waals surface area contributed by atoms with Crippen molar-refractivity contribution in [1.29, 1.82) is 15.8 Å². The van der Waals surface area contributed by atoms with Gasteiger partial charge in [-0.25, -0.2) is 4.98 Å². The molecule has 28 heavy (non-hydrogen) atoms. The summed E-state index contributed by atoms with van der Waals surface area (Å²) in [6.07, 6.45) is -0.121. The van der Waals surface area contributed by atoms with Gasteiger partial charge < -0.3 is 15.8 Å². The van der Waals surface area contributed by atoms with E-state index in [-0.39, 0.29) is 34.7 Å². The maximum absolute atomic E-state index is 9.55. The molecule has 0 fully saturated rings. The van der Waals surface area contributed by atoms with Crippen LogP contribution in [0.1, 0.15) is 16.7 Å². The number of aromatic nitrogens is 1. The third-order valence-electron chi connectivity index (χ3n) is 3.88. The van der Waals surface area contributed by atoms with Crippen LogP contribution < -0.4 is 15.8 Å². The standard InChI is InChI=1S/C21H14N6O/c22-10-9-17-18(12-23)20(25)27-21(19(17)13-24)26-14-5-4-8-16(11-14)28-15-6-2-1-3-7-15/h1-8,11H,9H2,(H3,25,26,27). The predicted molar refractivity (Wildman–Crippen MR) is 104 cm³/mol. The monoisotopic (exact) mass is 366 g/mol. The number of nitrogens with one attached hydrogen (secondary N) is 1. The Hall–Kier alpha value is -4.54. The van der Waals surface area contributed by atoms with Crippen molar-refractivity contribution in [2.75, 3.05) is 11.1 Å². The summed E-state index contributed by atoms with van der Waals surface area (Å²) in [6, 6.07) is 22.3. The van der Waals surface area contributed by atoms with E-state index in [1.54, 1.807) is 24.3 Å². The largest absolute Gasteiger partial charge is 0.457 e. The quantitative estimate of drug-likeness (QED) is 0.697. The van der Waals surface area contributed by atoms with Crippen LogP contribution in [0.4, 0.5) is 17.3 Å². The second-order valence-corrected chi connectivity index (χ2v) is 5.70. The molecule has 0 atom stereocenters. The molecule has 0 bridgehead atoms. The van der Waals surface area contributed by atoms with E-state index in [2.05, 4.69) is 10.3 Å². The molecule has 0 unspecified atom stereocenters. The highest BCUT2D eigenvalue weighted by Crippen LogP contribution is 2.30. The summed E-state index contributed by atoms with van der Waals surface area (Å²) < 4.78 is 5.80. The summed E-state index contributed by atoms with van der Waals surface area (Å²) >= 11 is 0. The van der Waals surface area contributed by atoms with Crippen molar-refractivity contribution in [3.8, 4) is 29.7 Å². The minimum atomic E-state index is -0.121. The normalized spacial score (nSPS) is 9.61. The molecule has 7 nitrogen and oxygen atoms in total. The van der Waals surface area contributed by atoms with Crippen LogP contribution in [0.3, 0.4) is 0 Å². The number of nitrogen functional groups attached to an aromatic ring is 1. The first-order chi connectivity index (χ1) is 13.7. The fourth-order valence-electron chi connectivity index (χ4n) is 2.64. The molecule has 3 rings (SSSR count). The van der Waals surface area contributed by atoms with Gasteiger partial charge in [-0.15, -0.1) is 0 Å². The zero-order valence-electron chi connectivity index (χ0n) is 14.7. The van der Waals surface area contributed by atoms with Crippen LogP contribution in [0.25, 0.3) is 0 Å². The number of para-hydroxylation sites is 1. The van der Waals surface area contributed by atoms with Crippen LogP contribution in [-0.2, 0) is 6.42 Å². The second-order valence-electron chi connectivity index (χ2n) is 5.70. The molecule has 1 aromatic heterocycles. The molecule has 0 spiro atoms. The highest BCUT2D eigenvalue weighted by Gasteiger charge is 2.18. The number of ether oxygens (including phenoxy) is 1. The summed E-state index contributed by atoms with van der Waals surface area (Å²) in [6.45, 7) is 0. The van der Waals surface area contributed by atoms with Gasteiger partial charge >= 0.3 is 0 Å². The average Bonchev–Trinajstić information content (AvgIpc) is 2.69. The van der Waals surface area contributed by atoms with Crippen molar-refractivity contribution < 1.29 is 4.74 Å². The van der Waals surface area contributed by atoms with E-state index in [9.17, 15) is 10.5 Å². The van der Waals surface area contributed by atoms with Crippen LogP contribution in [0.2, 0.25) is 0 Å². The van der Waals surface area contributed by atoms with Gasteiger partial charge in [-0.3, -0.25) is 0 Å². The van der Waals surface area contributed by atoms with Crippen molar-refractivity contribution >= 4 is 17.3 Å². The molecule has 0 aliphatic rings. The van der Waals surface area contributed by atoms with E-state index in [0.717, 1.165) is 0 Å². The Balaban J connectivity index is 1.96. The number of hydrogen-bond donors (Lipinski definition) is 2. The number of nitrogens with two attached hydrogens (primary N) is 1. The Morgan fingerprint density at radius 1 is 0.929 bits per heavy atom. The van der Waals surface area contributed by atoms with Crippen LogP contribution in [0.15, 0.2) is 54.6 Å². The van der Waals surface area contributed by atoms with Crippen molar-refractivity contribution in [1.82, 2.24) is 4.98 Å². The SMILES string of the molecule is N#CCc1c(C#N)c(N)nc(Nc2cccc(Oc3ccccc3)c2)c1C#N. The first kappa shape index (κ1) is 18.3. The lowest BCUT2D eigenvalue weighted by atomic mass is 10.0. The van der Waals surface area contributed by atoms with E-state index in [4.69, 9.17) is 15.7 Å². The minimum Gasteiger partial charge on any atom is -0.457 e. The fourth-order valence-corrected chi connectivity index (χ4v) is 2.64. The molecule has 0 aliphatic heterocycles. The van der Waals surface area contributed by atoms with Gasteiger partial charge in [0.2, 0.25) is 0 Å². The van der Waals surface area contributed by atoms with Gasteiger partial charge in [-0.1, -0.05) is 24.3 Å². The smallest absolute Gasteiger partial charge is 0.151 e. The number of nitriles is 3. The maximum Gasteiger partial charge on any atom is 0.151 e. The van der Waals surface area contributed by atoms with E-state index >= 15 is 0 Å². The molecule has 3 N–H and O–H groups in total. The third kappa shape index (κ3) is 3.83. The highest BCUT2D eigenvalue weighted by molar-refractivity contribution is 5.72. The summed E-state index contributed by atoms with van der Waals surface area (Å²) in [5.74, 6) is 1.43. The number of hydrogen-bond acceptors (Lipinski definition) is 7. The lowest BCUT2D eigenvalue weighted by Crippen LogP contribution is -2.08. The lowest BCUT2D eigenvalue weighted by Gasteiger charge is -2.13. The number of rotatable bonds is 5. The molecule has 3 aromatic rings. The molecule has 0 saturated heterocycles. The van der Waals surface area contributed by atoms with Gasteiger partial charge in [0, 0.05) is 17.3 Å². The van der Waals surface area contributed by atoms with Crippen molar-refractivity contribution in [2.45, 2.75) is 6.42 Å². The Bertz CT molecular complexity index is 1140. The molecular formula is C21H14N6O. The molecule has 0 aliphatic carbocycles. The predicted octanol–water partition coefficient (Wildman–Crippen LogP) is 4.01. The molecule has 1 heterocycles. The maximum atomic E-state index is 9.55. The summed E-state index contributed by atoms with van der Waals surface area (Å²) in [7, 11) is 0. The number of nitrogens with zero attached hydrogens (tertiary/aromatic N) is 4. The Kier molecular flexibility index (Phi) is 5.36. The van der Waals surface area contributed by atoms with Crippen LogP contribution in [0.5, 0.6) is 11.5 Å². The number of pyridine rings is 1. The van der Waals surface area contributed by atoms with Gasteiger partial charge in [-0.05, 0) is 24.3 Å². The lowest BCUT2D eigenvalue weighted by molar-refractivity contribution is 0.483. The second kappa shape index (κ2) is 8.23. The van der Waals surface area contributed by atoms with Crippen LogP contribution >= 0.6 is 0 Å². The van der Waals surface area contributed by atoms with Gasteiger partial charge in [0.25, 0.3) is 0 Å². The molecule has 2 aromatic carbocycles. The van der Waals surface area contributed by atoms with E-state index < -0.39 is 0 Å². The summed E-state index contributed by atoms with van der Waals surface area (Å²) in [5, 5.41) is 30.9. The first-order valence-electron chi connectivity index (χ1n) is 8.25. The topological polar surface area (TPSA) is 132 Å². The molecule has 0 radical (unpaired) electrons.